The fourth-order valence-electron chi connectivity index (χ4n) is 4.06. The van der Waals surface area contributed by atoms with Crippen molar-refractivity contribution in [3.05, 3.63) is 58.1 Å². The van der Waals surface area contributed by atoms with Crippen LogP contribution in [-0.2, 0) is 24.2 Å². The molecular weight excluding hydrogens is 380 g/mol. The number of hydrogen-bond acceptors (Lipinski definition) is 5. The third-order valence-electron chi connectivity index (χ3n) is 5.37. The molecule has 3 aromatic rings. The fourth-order valence-corrected chi connectivity index (χ4v) is 4.06. The van der Waals surface area contributed by atoms with Crippen LogP contribution in [0.4, 0.5) is 0 Å². The lowest BCUT2D eigenvalue weighted by molar-refractivity contribution is 0.0732. The topological polar surface area (TPSA) is 73.4 Å². The van der Waals surface area contributed by atoms with Gasteiger partial charge in [-0.25, -0.2) is 4.98 Å². The van der Waals surface area contributed by atoms with Gasteiger partial charge in [-0.05, 0) is 39.8 Å². The van der Waals surface area contributed by atoms with Crippen molar-refractivity contribution in [2.75, 3.05) is 19.8 Å². The Bertz CT molecular complexity index is 1050. The molecule has 0 bridgehead atoms. The molecule has 7 heteroatoms. The molecule has 0 spiro atoms. The molecule has 1 amide bonds. The number of benzene rings is 1. The maximum Gasteiger partial charge on any atom is 0.254 e. The van der Waals surface area contributed by atoms with E-state index in [9.17, 15) is 4.79 Å². The highest BCUT2D eigenvalue weighted by molar-refractivity contribution is 5.94. The predicted molar refractivity (Wildman–Crippen MR) is 113 cm³/mol. The number of rotatable bonds is 6. The van der Waals surface area contributed by atoms with E-state index < -0.39 is 0 Å². The van der Waals surface area contributed by atoms with Crippen LogP contribution in [0.15, 0.2) is 28.8 Å². The van der Waals surface area contributed by atoms with Gasteiger partial charge in [0.15, 0.2) is 5.69 Å². The first-order valence-electron chi connectivity index (χ1n) is 10.4. The molecular formula is C23H28N4O3. The Morgan fingerprint density at radius 2 is 1.97 bits per heavy atom. The second-order valence-corrected chi connectivity index (χ2v) is 7.82. The van der Waals surface area contributed by atoms with E-state index in [1.807, 2.05) is 49.4 Å². The molecule has 7 nitrogen and oxygen atoms in total. The van der Waals surface area contributed by atoms with Crippen LogP contribution in [0, 0.1) is 20.8 Å². The highest BCUT2D eigenvalue weighted by atomic mass is 16.5. The SMILES string of the molecule is CCOCCn1nc(-c2ncc(C)o2)c2c1CCN(C(=O)c1cc(C)cc(C)c1)C2. The van der Waals surface area contributed by atoms with Crippen LogP contribution < -0.4 is 0 Å². The predicted octanol–water partition coefficient (Wildman–Crippen LogP) is 3.70. The molecule has 0 saturated heterocycles. The van der Waals surface area contributed by atoms with Crippen molar-refractivity contribution in [1.82, 2.24) is 19.7 Å². The molecule has 0 saturated carbocycles. The molecule has 0 unspecified atom stereocenters. The fraction of sp³-hybridized carbons (Fsp3) is 0.435. The summed E-state index contributed by atoms with van der Waals surface area (Å²) in [6, 6.07) is 5.99. The van der Waals surface area contributed by atoms with E-state index in [4.69, 9.17) is 14.3 Å². The van der Waals surface area contributed by atoms with Crippen molar-refractivity contribution < 1.29 is 13.9 Å². The zero-order valence-electron chi connectivity index (χ0n) is 18.1. The van der Waals surface area contributed by atoms with E-state index in [-0.39, 0.29) is 5.91 Å². The zero-order chi connectivity index (χ0) is 21.3. The van der Waals surface area contributed by atoms with Crippen LogP contribution in [-0.4, -0.2) is 45.3 Å². The van der Waals surface area contributed by atoms with E-state index in [1.165, 1.54) is 0 Å². The zero-order valence-corrected chi connectivity index (χ0v) is 18.1. The molecule has 1 aromatic carbocycles. The van der Waals surface area contributed by atoms with Crippen LogP contribution in [0.3, 0.4) is 0 Å². The number of fused-ring (bicyclic) bond motifs is 1. The van der Waals surface area contributed by atoms with Gasteiger partial charge in [0.2, 0.25) is 5.89 Å². The summed E-state index contributed by atoms with van der Waals surface area (Å²) >= 11 is 0. The van der Waals surface area contributed by atoms with E-state index in [0.717, 1.165) is 40.1 Å². The maximum absolute atomic E-state index is 13.2. The standard InChI is InChI=1S/C23H28N4O3/c1-5-29-9-8-27-20-6-7-26(23(28)18-11-15(2)10-16(3)12-18)14-19(20)21(25-27)22-24-13-17(4)30-22/h10-13H,5-9,14H2,1-4H3. The third kappa shape index (κ3) is 4.03. The second-order valence-electron chi connectivity index (χ2n) is 7.82. The molecule has 1 aliphatic heterocycles. The van der Waals surface area contributed by atoms with Crippen molar-refractivity contribution in [2.24, 2.45) is 0 Å². The number of carbonyl (C=O) groups excluding carboxylic acids is 1. The van der Waals surface area contributed by atoms with Crippen LogP contribution in [0.5, 0.6) is 0 Å². The number of aryl methyl sites for hydroxylation is 3. The van der Waals surface area contributed by atoms with Crippen molar-refractivity contribution in [2.45, 2.75) is 47.2 Å². The lowest BCUT2D eigenvalue weighted by Crippen LogP contribution is -2.36. The van der Waals surface area contributed by atoms with E-state index in [2.05, 4.69) is 11.1 Å². The first-order valence-corrected chi connectivity index (χ1v) is 10.4. The Labute approximate surface area is 176 Å². The number of nitrogens with zero attached hydrogens (tertiary/aromatic N) is 4. The second kappa shape index (κ2) is 8.44. The molecule has 3 heterocycles. The Kier molecular flexibility index (Phi) is 5.72. The van der Waals surface area contributed by atoms with Crippen LogP contribution in [0.25, 0.3) is 11.6 Å². The smallest absolute Gasteiger partial charge is 0.254 e. The first-order chi connectivity index (χ1) is 14.5. The van der Waals surface area contributed by atoms with Gasteiger partial charge in [-0.2, -0.15) is 5.10 Å². The highest BCUT2D eigenvalue weighted by Gasteiger charge is 2.30. The molecule has 4 rings (SSSR count). The van der Waals surface area contributed by atoms with Gasteiger partial charge < -0.3 is 14.1 Å². The van der Waals surface area contributed by atoms with Crippen LogP contribution in [0.1, 0.15) is 45.4 Å². The quantitative estimate of drug-likeness (QED) is 0.582. The molecule has 0 N–H and O–H groups in total. The molecule has 2 aromatic heterocycles. The normalized spacial score (nSPS) is 13.5. The average molecular weight is 409 g/mol. The van der Waals surface area contributed by atoms with Gasteiger partial charge in [0.25, 0.3) is 5.91 Å². The van der Waals surface area contributed by atoms with Crippen LogP contribution >= 0.6 is 0 Å². The monoisotopic (exact) mass is 408 g/mol. The van der Waals surface area contributed by atoms with Gasteiger partial charge in [0.1, 0.15) is 5.76 Å². The van der Waals surface area contributed by atoms with Crippen molar-refractivity contribution in [3.8, 4) is 11.6 Å². The number of carbonyl (C=O) groups is 1. The van der Waals surface area contributed by atoms with Gasteiger partial charge >= 0.3 is 0 Å². The van der Waals surface area contributed by atoms with Gasteiger partial charge in [-0.3, -0.25) is 9.48 Å². The van der Waals surface area contributed by atoms with Crippen molar-refractivity contribution in [1.29, 1.82) is 0 Å². The summed E-state index contributed by atoms with van der Waals surface area (Å²) in [5.41, 5.74) is 5.77. The maximum atomic E-state index is 13.2. The summed E-state index contributed by atoms with van der Waals surface area (Å²) in [7, 11) is 0. The molecule has 158 valence electrons. The van der Waals surface area contributed by atoms with Gasteiger partial charge in [0.05, 0.1) is 25.9 Å². The van der Waals surface area contributed by atoms with E-state index in [0.29, 0.717) is 44.4 Å². The van der Waals surface area contributed by atoms with Crippen molar-refractivity contribution >= 4 is 5.91 Å². The summed E-state index contributed by atoms with van der Waals surface area (Å²) in [4.78, 5) is 19.5. The van der Waals surface area contributed by atoms with Gasteiger partial charge in [-0.1, -0.05) is 17.2 Å². The summed E-state index contributed by atoms with van der Waals surface area (Å²) in [5, 5.41) is 4.78. The summed E-state index contributed by atoms with van der Waals surface area (Å²) in [6.45, 7) is 11.0. The lowest BCUT2D eigenvalue weighted by atomic mass is 10.0. The molecule has 0 fully saturated rings. The number of ether oxygens (including phenoxy) is 1. The highest BCUT2D eigenvalue weighted by Crippen LogP contribution is 2.30. The molecule has 30 heavy (non-hydrogen) atoms. The summed E-state index contributed by atoms with van der Waals surface area (Å²) in [6.07, 6.45) is 2.44. The molecule has 1 aliphatic rings. The Morgan fingerprint density at radius 3 is 2.63 bits per heavy atom. The average Bonchev–Trinajstić information content (AvgIpc) is 3.30. The lowest BCUT2D eigenvalue weighted by Gasteiger charge is -2.28. The van der Waals surface area contributed by atoms with Crippen LogP contribution in [0.2, 0.25) is 0 Å². The van der Waals surface area contributed by atoms with Gasteiger partial charge in [0, 0.05) is 36.4 Å². The minimum absolute atomic E-state index is 0.0454. The molecule has 0 atom stereocenters. The Hall–Kier alpha value is -2.93. The number of oxazole rings is 1. The number of amides is 1. The van der Waals surface area contributed by atoms with E-state index in [1.54, 1.807) is 6.20 Å². The Morgan fingerprint density at radius 1 is 1.20 bits per heavy atom. The molecule has 0 radical (unpaired) electrons. The first kappa shape index (κ1) is 20.3. The largest absolute Gasteiger partial charge is 0.440 e. The van der Waals surface area contributed by atoms with E-state index >= 15 is 0 Å². The van der Waals surface area contributed by atoms with Crippen molar-refractivity contribution in [3.63, 3.8) is 0 Å². The summed E-state index contributed by atoms with van der Waals surface area (Å²) in [5.74, 6) is 1.28. The molecule has 0 aliphatic carbocycles. The summed E-state index contributed by atoms with van der Waals surface area (Å²) < 4.78 is 13.3. The third-order valence-corrected chi connectivity index (χ3v) is 5.37. The minimum atomic E-state index is 0.0454. The Balaban J connectivity index is 1.66. The number of aromatic nitrogens is 3. The van der Waals surface area contributed by atoms with Gasteiger partial charge in [-0.15, -0.1) is 0 Å². The minimum Gasteiger partial charge on any atom is -0.440 e. The number of hydrogen-bond donors (Lipinski definition) is 0.